The van der Waals surface area contributed by atoms with Gasteiger partial charge in [0.25, 0.3) is 0 Å². The van der Waals surface area contributed by atoms with Gasteiger partial charge in [-0.2, -0.15) is 0 Å². The van der Waals surface area contributed by atoms with Gasteiger partial charge in [0, 0.05) is 0 Å². The van der Waals surface area contributed by atoms with E-state index in [0.717, 1.165) is 0 Å². The average molecular weight is 96.0 g/mol. The summed E-state index contributed by atoms with van der Waals surface area (Å²) in [5.74, 6) is 0. The van der Waals surface area contributed by atoms with E-state index in [2.05, 4.69) is 0 Å². The summed E-state index contributed by atoms with van der Waals surface area (Å²) in [6.45, 7) is 3.22. The zero-order valence-electron chi connectivity index (χ0n) is 7.56. The van der Waals surface area contributed by atoms with Crippen molar-refractivity contribution in [2.24, 2.45) is 0 Å². The molecule has 0 aliphatic heterocycles. The van der Waals surface area contributed by atoms with E-state index in [1.54, 1.807) is 13.8 Å². The fraction of sp³-hybridized carbons (Fsp3) is 1.00. The van der Waals surface area contributed by atoms with Gasteiger partial charge in [0.05, 0.1) is 0 Å². The van der Waals surface area contributed by atoms with Crippen molar-refractivity contribution in [3.8, 4) is 0 Å². The maximum atomic E-state index is 9.53. The van der Waals surface area contributed by atoms with Crippen molar-refractivity contribution in [3.05, 3.63) is 0 Å². The van der Waals surface area contributed by atoms with Gasteiger partial charge in [-0.25, -0.2) is 0 Å². The average Bonchev–Trinajstić information content (AvgIpc) is 0.811. The Labute approximate surface area is 65.9 Å². The van der Waals surface area contributed by atoms with E-state index in [-0.39, 0.29) is 40.5 Å². The van der Waals surface area contributed by atoms with Crippen molar-refractivity contribution in [2.75, 3.05) is 0 Å². The molecular weight excluding hydrogens is 86.0 g/mol. The van der Waals surface area contributed by atoms with Crippen LogP contribution >= 0.6 is 0 Å². The van der Waals surface area contributed by atoms with Crippen LogP contribution in [0.4, 0.5) is 0 Å². The maximum Gasteiger partial charge on any atom is 3.00 e. The van der Waals surface area contributed by atoms with Crippen molar-refractivity contribution in [3.63, 3.8) is 0 Å². The molecule has 0 aliphatic carbocycles. The van der Waals surface area contributed by atoms with Crippen LogP contribution in [0, 0.1) is 0 Å². The van der Waals surface area contributed by atoms with Crippen molar-refractivity contribution in [1.29, 1.82) is 0 Å². The largest absolute Gasteiger partial charge is 3.00 e. The predicted octanol–water partition coefficient (Wildman–Crippen LogP) is -3.28. The van der Waals surface area contributed by atoms with Crippen LogP contribution in [0.1, 0.15) is 18.1 Å². The Morgan fingerprint density at radius 1 is 1.50 bits per heavy atom. The monoisotopic (exact) mass is 96.1 g/mol. The van der Waals surface area contributed by atoms with E-state index in [0.29, 0.717) is 0 Å². The summed E-state index contributed by atoms with van der Waals surface area (Å²) in [5.41, 5.74) is 0. The molecule has 0 spiro atoms. The molecule has 0 aromatic heterocycles. The van der Waals surface area contributed by atoms with Gasteiger partial charge in [-0.3, -0.25) is 0 Å². The molecule has 0 heterocycles. The minimum Gasteiger partial charge on any atom is -1.00 e. The number of hydrogen-bond donors (Lipinski definition) is 0. The fourth-order valence-electron chi connectivity index (χ4n) is 0. The van der Waals surface area contributed by atoms with E-state index in [4.69, 9.17) is 0 Å². The van der Waals surface area contributed by atoms with Crippen LogP contribution in [-0.4, -0.2) is 23.5 Å². The topological polar surface area (TPSA) is 23.1 Å². The molecule has 0 fully saturated rings. The van der Waals surface area contributed by atoms with Gasteiger partial charge < -0.3 is 9.39 Å². The molecule has 0 bridgehead atoms. The third-order valence-corrected chi connectivity index (χ3v) is 0. The zero-order valence-corrected chi connectivity index (χ0v) is 5.72. The summed E-state index contributed by atoms with van der Waals surface area (Å²) in [6, 6.07) is 0. The van der Waals surface area contributed by atoms with E-state index < -0.39 is 6.10 Å². The smallest absolute Gasteiger partial charge is 1.00 e. The Bertz CT molecular complexity index is 23.8. The third kappa shape index (κ3) is 71.7. The van der Waals surface area contributed by atoms with Crippen molar-refractivity contribution in [1.82, 2.24) is 0 Å². The first-order chi connectivity index (χ1) is 1.73. The van der Waals surface area contributed by atoms with Gasteiger partial charge in [-0.15, -0.1) is 6.10 Å². The van der Waals surface area contributed by atoms with Crippen molar-refractivity contribution < 1.29 is 28.2 Å². The Hall–Kier alpha value is 1.09. The summed E-state index contributed by atoms with van der Waals surface area (Å²) in [5, 5.41) is 9.53. The van der Waals surface area contributed by atoms with E-state index in [1.165, 1.54) is 0 Å². The predicted molar refractivity (Wildman–Crippen MR) is 24.2 cm³/mol. The second-order valence-corrected chi connectivity index (χ2v) is 1.05. The molecule has 0 aromatic rings. The minimum atomic E-state index is -0.417. The van der Waals surface area contributed by atoms with Crippen LogP contribution < -0.4 is 24.0 Å². The normalized spacial score (nSPS) is 6.00. The Kier molecular flexibility index (Phi) is 24.7. The Morgan fingerprint density at radius 3 is 1.50 bits per heavy atom. The molecular formula is C3H10AlLiO. The summed E-state index contributed by atoms with van der Waals surface area (Å²) in [7, 11) is 0. The molecule has 0 atom stereocenters. The van der Waals surface area contributed by atoms with Gasteiger partial charge in [0.2, 0.25) is 0 Å². The molecule has 0 rings (SSSR count). The van der Waals surface area contributed by atoms with Crippen LogP contribution in [0.5, 0.6) is 0 Å². The van der Waals surface area contributed by atoms with Crippen LogP contribution in [0.3, 0.4) is 0 Å². The van der Waals surface area contributed by atoms with Gasteiger partial charge >= 0.3 is 36.2 Å². The second-order valence-electron chi connectivity index (χ2n) is 1.05. The molecule has 3 heteroatoms. The first kappa shape index (κ1) is 15.7. The molecule has 0 aliphatic rings. The molecule has 32 valence electrons. The molecule has 0 saturated heterocycles. The molecule has 0 N–H and O–H groups in total. The first-order valence-corrected chi connectivity index (χ1v) is 1.39. The standard InChI is InChI=1S/C3H7O.Al.Li.3H/c1-3(2)4;;;;;/h3H,1-2H3;;;;;/q-1;+3;+1;3*-1. The Morgan fingerprint density at radius 2 is 1.50 bits per heavy atom. The fourth-order valence-corrected chi connectivity index (χ4v) is 0. The molecule has 6 heavy (non-hydrogen) atoms. The molecule has 0 saturated carbocycles. The van der Waals surface area contributed by atoms with Gasteiger partial charge in [0.15, 0.2) is 0 Å². The molecule has 0 radical (unpaired) electrons. The van der Waals surface area contributed by atoms with Gasteiger partial charge in [0.1, 0.15) is 0 Å². The maximum absolute atomic E-state index is 9.53. The third-order valence-electron chi connectivity index (χ3n) is 0. The molecule has 0 aromatic carbocycles. The van der Waals surface area contributed by atoms with Crippen LogP contribution in [-0.2, 0) is 0 Å². The van der Waals surface area contributed by atoms with E-state index in [9.17, 15) is 5.11 Å². The summed E-state index contributed by atoms with van der Waals surface area (Å²) in [4.78, 5) is 0. The van der Waals surface area contributed by atoms with Gasteiger partial charge in [-0.05, 0) is 0 Å². The summed E-state index contributed by atoms with van der Waals surface area (Å²) >= 11 is 0. The van der Waals surface area contributed by atoms with Crippen LogP contribution in [0.25, 0.3) is 0 Å². The quantitative estimate of drug-likeness (QED) is 0.290. The minimum absolute atomic E-state index is 0. The zero-order chi connectivity index (χ0) is 3.58. The summed E-state index contributed by atoms with van der Waals surface area (Å²) in [6.07, 6.45) is -0.417. The van der Waals surface area contributed by atoms with Gasteiger partial charge in [-0.1, -0.05) is 13.8 Å². The van der Waals surface area contributed by atoms with E-state index in [1.807, 2.05) is 0 Å². The van der Waals surface area contributed by atoms with Crippen molar-refractivity contribution in [2.45, 2.75) is 20.0 Å². The van der Waals surface area contributed by atoms with Crippen molar-refractivity contribution >= 4 is 17.4 Å². The summed E-state index contributed by atoms with van der Waals surface area (Å²) < 4.78 is 0. The number of rotatable bonds is 0. The number of hydrogen-bond acceptors (Lipinski definition) is 1. The molecule has 1 nitrogen and oxygen atoms in total. The van der Waals surface area contributed by atoms with Crippen LogP contribution in [0.15, 0.2) is 0 Å². The molecule has 0 amide bonds. The van der Waals surface area contributed by atoms with E-state index >= 15 is 0 Å². The first-order valence-electron chi connectivity index (χ1n) is 1.39. The Balaban J connectivity index is -0.00000000450. The molecule has 0 unspecified atom stereocenters. The van der Waals surface area contributed by atoms with Crippen LogP contribution in [0.2, 0.25) is 0 Å². The second kappa shape index (κ2) is 9.43. The SMILES string of the molecule is CC(C)[O-].[Al+3].[H-].[H-].[H-].[Li+].